The lowest BCUT2D eigenvalue weighted by molar-refractivity contribution is 0.596. The van der Waals surface area contributed by atoms with Gasteiger partial charge in [0, 0.05) is 6.54 Å². The molecule has 0 aliphatic rings. The van der Waals surface area contributed by atoms with E-state index in [0.717, 1.165) is 5.56 Å². The van der Waals surface area contributed by atoms with Crippen LogP contribution in [0.3, 0.4) is 0 Å². The Morgan fingerprint density at radius 2 is 2.21 bits per heavy atom. The molecule has 1 heterocycles. The number of rotatable bonds is 4. The van der Waals surface area contributed by atoms with Gasteiger partial charge in [-0.15, -0.1) is 0 Å². The van der Waals surface area contributed by atoms with Crippen LogP contribution in [0, 0.1) is 17.1 Å². The lowest BCUT2D eigenvalue weighted by Gasteiger charge is -2.08. The average molecular weight is 256 g/mol. The molecule has 0 spiro atoms. The molecule has 1 N–H and O–H groups in total. The number of nitrogens with zero attached hydrogens (tertiary/aromatic N) is 3. The molecule has 0 aliphatic carbocycles. The Bertz CT molecular complexity index is 619. The molecule has 1 aromatic heterocycles. The zero-order valence-corrected chi connectivity index (χ0v) is 10.5. The summed E-state index contributed by atoms with van der Waals surface area (Å²) < 4.78 is 13.9. The van der Waals surface area contributed by atoms with Gasteiger partial charge in [-0.2, -0.15) is 5.26 Å². The monoisotopic (exact) mass is 256 g/mol. The second-order valence-electron chi connectivity index (χ2n) is 4.00. The molecule has 0 aliphatic heterocycles. The number of benzene rings is 1. The summed E-state index contributed by atoms with van der Waals surface area (Å²) in [6.45, 7) is 2.25. The summed E-state index contributed by atoms with van der Waals surface area (Å²) in [7, 11) is 0. The summed E-state index contributed by atoms with van der Waals surface area (Å²) in [4.78, 5) is 7.75. The number of nitrogens with one attached hydrogen (secondary N) is 1. The summed E-state index contributed by atoms with van der Waals surface area (Å²) in [5.74, 6) is -0.226. The minimum absolute atomic E-state index is 0.189. The maximum atomic E-state index is 13.9. The standard InChI is InChI=1S/C14H13FN4/c1-2-12-13(15)14(19-9-18-12)17-8-11-5-3-4-10(6-11)7-16/h3-6,9H,2,8H2,1H3,(H,17,18,19). The van der Waals surface area contributed by atoms with Crippen LogP contribution in [0.25, 0.3) is 0 Å². The van der Waals surface area contributed by atoms with E-state index in [-0.39, 0.29) is 5.82 Å². The van der Waals surface area contributed by atoms with Crippen LogP contribution in [0.15, 0.2) is 30.6 Å². The number of aromatic nitrogens is 2. The van der Waals surface area contributed by atoms with E-state index in [1.165, 1.54) is 6.33 Å². The Balaban J connectivity index is 2.12. The largest absolute Gasteiger partial charge is 0.363 e. The minimum Gasteiger partial charge on any atom is -0.363 e. The molecule has 96 valence electrons. The first-order valence-electron chi connectivity index (χ1n) is 5.97. The summed E-state index contributed by atoms with van der Waals surface area (Å²) in [5.41, 5.74) is 1.87. The van der Waals surface area contributed by atoms with Gasteiger partial charge < -0.3 is 5.32 Å². The van der Waals surface area contributed by atoms with Crippen molar-refractivity contribution in [1.82, 2.24) is 9.97 Å². The van der Waals surface area contributed by atoms with E-state index >= 15 is 0 Å². The highest BCUT2D eigenvalue weighted by Crippen LogP contribution is 2.14. The lowest BCUT2D eigenvalue weighted by atomic mass is 10.1. The second-order valence-corrected chi connectivity index (χ2v) is 4.00. The fraction of sp³-hybridized carbons (Fsp3) is 0.214. The Morgan fingerprint density at radius 3 is 2.95 bits per heavy atom. The van der Waals surface area contributed by atoms with Crippen molar-refractivity contribution in [2.24, 2.45) is 0 Å². The van der Waals surface area contributed by atoms with Gasteiger partial charge in [0.1, 0.15) is 6.33 Å². The SMILES string of the molecule is CCc1ncnc(NCc2cccc(C#N)c2)c1F. The molecule has 0 saturated heterocycles. The molecule has 19 heavy (non-hydrogen) atoms. The molecule has 0 unspecified atom stereocenters. The van der Waals surface area contributed by atoms with Gasteiger partial charge in [0.25, 0.3) is 0 Å². The van der Waals surface area contributed by atoms with Gasteiger partial charge in [0.2, 0.25) is 0 Å². The first-order chi connectivity index (χ1) is 9.24. The third kappa shape index (κ3) is 3.05. The molecule has 0 bridgehead atoms. The molecular formula is C14H13FN4. The number of halogens is 1. The lowest BCUT2D eigenvalue weighted by Crippen LogP contribution is -2.06. The molecule has 4 nitrogen and oxygen atoms in total. The summed E-state index contributed by atoms with van der Waals surface area (Å²) in [6, 6.07) is 9.21. The summed E-state index contributed by atoms with van der Waals surface area (Å²) in [6.07, 6.45) is 1.86. The van der Waals surface area contributed by atoms with Crippen molar-refractivity contribution in [2.75, 3.05) is 5.32 Å². The highest BCUT2D eigenvalue weighted by Gasteiger charge is 2.09. The third-order valence-electron chi connectivity index (χ3n) is 2.71. The van der Waals surface area contributed by atoms with Crippen LogP contribution in [-0.4, -0.2) is 9.97 Å². The van der Waals surface area contributed by atoms with Crippen LogP contribution in [-0.2, 0) is 13.0 Å². The first kappa shape index (κ1) is 13.0. The van der Waals surface area contributed by atoms with Gasteiger partial charge >= 0.3 is 0 Å². The van der Waals surface area contributed by atoms with E-state index in [4.69, 9.17) is 5.26 Å². The van der Waals surface area contributed by atoms with Crippen molar-refractivity contribution in [3.8, 4) is 6.07 Å². The number of hydrogen-bond acceptors (Lipinski definition) is 4. The molecule has 2 rings (SSSR count). The van der Waals surface area contributed by atoms with Crippen LogP contribution in [0.1, 0.15) is 23.7 Å². The fourth-order valence-electron chi connectivity index (χ4n) is 1.71. The van der Waals surface area contributed by atoms with Gasteiger partial charge in [-0.25, -0.2) is 14.4 Å². The minimum atomic E-state index is -0.415. The normalized spacial score (nSPS) is 9.95. The predicted octanol–water partition coefficient (Wildman–Crippen LogP) is 2.66. The number of aryl methyl sites for hydroxylation is 1. The highest BCUT2D eigenvalue weighted by atomic mass is 19.1. The molecule has 0 saturated carbocycles. The van der Waals surface area contributed by atoms with E-state index in [1.807, 2.05) is 13.0 Å². The number of nitriles is 1. The van der Waals surface area contributed by atoms with Gasteiger partial charge in [0.15, 0.2) is 11.6 Å². The van der Waals surface area contributed by atoms with Gasteiger partial charge in [-0.3, -0.25) is 0 Å². The maximum absolute atomic E-state index is 13.9. The van der Waals surface area contributed by atoms with Crippen LogP contribution in [0.2, 0.25) is 0 Å². The molecule has 0 radical (unpaired) electrons. The molecular weight excluding hydrogens is 243 g/mol. The van der Waals surface area contributed by atoms with E-state index in [0.29, 0.717) is 24.2 Å². The molecule has 0 atom stereocenters. The van der Waals surface area contributed by atoms with Gasteiger partial charge in [-0.1, -0.05) is 19.1 Å². The van der Waals surface area contributed by atoms with E-state index in [9.17, 15) is 4.39 Å². The third-order valence-corrected chi connectivity index (χ3v) is 2.71. The zero-order chi connectivity index (χ0) is 13.7. The maximum Gasteiger partial charge on any atom is 0.186 e. The second kappa shape index (κ2) is 5.91. The average Bonchev–Trinajstić information content (AvgIpc) is 2.46. The Hall–Kier alpha value is -2.48. The van der Waals surface area contributed by atoms with Crippen molar-refractivity contribution in [2.45, 2.75) is 19.9 Å². The number of hydrogen-bond donors (Lipinski definition) is 1. The quantitative estimate of drug-likeness (QED) is 0.913. The van der Waals surface area contributed by atoms with Crippen molar-refractivity contribution in [3.63, 3.8) is 0 Å². The van der Waals surface area contributed by atoms with E-state index < -0.39 is 5.82 Å². The van der Waals surface area contributed by atoms with Gasteiger partial charge in [0.05, 0.1) is 17.3 Å². The predicted molar refractivity (Wildman–Crippen MR) is 69.9 cm³/mol. The van der Waals surface area contributed by atoms with Gasteiger partial charge in [-0.05, 0) is 24.1 Å². The Morgan fingerprint density at radius 1 is 1.37 bits per heavy atom. The Labute approximate surface area is 110 Å². The Kier molecular flexibility index (Phi) is 4.04. The molecule has 0 fully saturated rings. The van der Waals surface area contributed by atoms with Crippen LogP contribution < -0.4 is 5.32 Å². The smallest absolute Gasteiger partial charge is 0.186 e. The molecule has 5 heteroatoms. The molecule has 0 amide bonds. The van der Waals surface area contributed by atoms with E-state index in [2.05, 4.69) is 21.4 Å². The highest BCUT2D eigenvalue weighted by molar-refractivity contribution is 5.40. The topological polar surface area (TPSA) is 61.6 Å². The zero-order valence-electron chi connectivity index (χ0n) is 10.5. The van der Waals surface area contributed by atoms with E-state index in [1.54, 1.807) is 18.2 Å². The van der Waals surface area contributed by atoms with Crippen LogP contribution in [0.4, 0.5) is 10.2 Å². The summed E-state index contributed by atoms with van der Waals surface area (Å²) in [5, 5.41) is 11.7. The van der Waals surface area contributed by atoms with Crippen molar-refractivity contribution in [1.29, 1.82) is 5.26 Å². The summed E-state index contributed by atoms with van der Waals surface area (Å²) >= 11 is 0. The van der Waals surface area contributed by atoms with Crippen molar-refractivity contribution >= 4 is 5.82 Å². The van der Waals surface area contributed by atoms with Crippen LogP contribution in [0.5, 0.6) is 0 Å². The fourth-order valence-corrected chi connectivity index (χ4v) is 1.71. The van der Waals surface area contributed by atoms with Crippen molar-refractivity contribution in [3.05, 3.63) is 53.2 Å². The molecule has 2 aromatic rings. The van der Waals surface area contributed by atoms with Crippen LogP contribution >= 0.6 is 0 Å². The van der Waals surface area contributed by atoms with Crippen molar-refractivity contribution < 1.29 is 4.39 Å². The first-order valence-corrected chi connectivity index (χ1v) is 5.97. The molecule has 1 aromatic carbocycles. The number of anilines is 1.